The lowest BCUT2D eigenvalue weighted by Crippen LogP contribution is -2.40. The lowest BCUT2D eigenvalue weighted by Gasteiger charge is -2.28. The molecule has 1 fully saturated rings. The van der Waals surface area contributed by atoms with E-state index in [1.807, 2.05) is 31.2 Å². The van der Waals surface area contributed by atoms with Crippen molar-refractivity contribution in [3.63, 3.8) is 0 Å². The van der Waals surface area contributed by atoms with Gasteiger partial charge in [0.1, 0.15) is 0 Å². The summed E-state index contributed by atoms with van der Waals surface area (Å²) in [6.45, 7) is 4.53. The molecule has 24 heavy (non-hydrogen) atoms. The van der Waals surface area contributed by atoms with Crippen molar-refractivity contribution in [2.24, 2.45) is 11.8 Å². The zero-order valence-corrected chi connectivity index (χ0v) is 15.2. The fraction of sp³-hybridized carbons (Fsp3) is 0.579. The highest BCUT2D eigenvalue weighted by atomic mass is 35.5. The molecule has 4 nitrogen and oxygen atoms in total. The third kappa shape index (κ3) is 5.23. The van der Waals surface area contributed by atoms with E-state index in [1.165, 1.54) is 0 Å². The van der Waals surface area contributed by atoms with E-state index in [0.29, 0.717) is 11.6 Å². The summed E-state index contributed by atoms with van der Waals surface area (Å²) in [7, 11) is 0. The third-order valence-electron chi connectivity index (χ3n) is 4.88. The molecule has 2 N–H and O–H groups in total. The van der Waals surface area contributed by atoms with E-state index in [0.717, 1.165) is 37.7 Å². The van der Waals surface area contributed by atoms with Crippen LogP contribution in [-0.4, -0.2) is 17.9 Å². The summed E-state index contributed by atoms with van der Waals surface area (Å²) in [4.78, 5) is 24.5. The second kappa shape index (κ2) is 9.07. The SMILES string of the molecule is CCC(C)NC(=O)C1CCC(C(=O)NCc2ccccc2Cl)CC1. The molecule has 0 radical (unpaired) electrons. The number of carbonyl (C=O) groups is 2. The van der Waals surface area contributed by atoms with Gasteiger partial charge in [0, 0.05) is 29.4 Å². The van der Waals surface area contributed by atoms with Crippen LogP contribution in [0.25, 0.3) is 0 Å². The van der Waals surface area contributed by atoms with Crippen molar-refractivity contribution < 1.29 is 9.59 Å². The van der Waals surface area contributed by atoms with Crippen molar-refractivity contribution >= 4 is 23.4 Å². The van der Waals surface area contributed by atoms with Gasteiger partial charge >= 0.3 is 0 Å². The highest BCUT2D eigenvalue weighted by Crippen LogP contribution is 2.29. The highest BCUT2D eigenvalue weighted by molar-refractivity contribution is 6.31. The first kappa shape index (κ1) is 18.8. The molecule has 0 aromatic heterocycles. The summed E-state index contributed by atoms with van der Waals surface area (Å²) < 4.78 is 0. The topological polar surface area (TPSA) is 58.2 Å². The molecule has 1 unspecified atom stereocenters. The number of benzene rings is 1. The summed E-state index contributed by atoms with van der Waals surface area (Å²) in [5, 5.41) is 6.68. The molecule has 5 heteroatoms. The Morgan fingerprint density at radius 3 is 2.29 bits per heavy atom. The maximum Gasteiger partial charge on any atom is 0.223 e. The Kier molecular flexibility index (Phi) is 7.10. The number of nitrogens with one attached hydrogen (secondary N) is 2. The Bertz CT molecular complexity index is 568. The maximum atomic E-state index is 12.3. The molecule has 0 saturated heterocycles. The van der Waals surface area contributed by atoms with Gasteiger partial charge in [0.25, 0.3) is 0 Å². The van der Waals surface area contributed by atoms with Gasteiger partial charge in [0.2, 0.25) is 11.8 Å². The smallest absolute Gasteiger partial charge is 0.223 e. The van der Waals surface area contributed by atoms with Gasteiger partial charge in [0.05, 0.1) is 0 Å². The van der Waals surface area contributed by atoms with E-state index in [1.54, 1.807) is 0 Å². The molecule has 1 aromatic carbocycles. The number of hydrogen-bond acceptors (Lipinski definition) is 2. The minimum absolute atomic E-state index is 0.000126. The van der Waals surface area contributed by atoms with Crippen LogP contribution in [0.15, 0.2) is 24.3 Å². The number of amides is 2. The van der Waals surface area contributed by atoms with Gasteiger partial charge in [-0.1, -0.05) is 36.7 Å². The zero-order chi connectivity index (χ0) is 17.5. The standard InChI is InChI=1S/C19H27ClN2O2/c1-3-13(2)22-19(24)15-10-8-14(9-11-15)18(23)21-12-16-6-4-5-7-17(16)20/h4-7,13-15H,3,8-12H2,1-2H3,(H,21,23)(H,22,24). The summed E-state index contributed by atoms with van der Waals surface area (Å²) in [5.74, 6) is 0.252. The molecule has 1 atom stereocenters. The van der Waals surface area contributed by atoms with E-state index in [2.05, 4.69) is 17.6 Å². The van der Waals surface area contributed by atoms with Crippen molar-refractivity contribution in [3.8, 4) is 0 Å². The van der Waals surface area contributed by atoms with Crippen LogP contribution in [0.4, 0.5) is 0 Å². The van der Waals surface area contributed by atoms with E-state index in [-0.39, 0.29) is 29.7 Å². The number of carbonyl (C=O) groups excluding carboxylic acids is 2. The number of halogens is 1. The van der Waals surface area contributed by atoms with E-state index >= 15 is 0 Å². The van der Waals surface area contributed by atoms with Gasteiger partial charge in [-0.2, -0.15) is 0 Å². The first-order valence-electron chi connectivity index (χ1n) is 8.82. The number of rotatable bonds is 6. The van der Waals surface area contributed by atoms with Gasteiger partial charge in [-0.25, -0.2) is 0 Å². The van der Waals surface area contributed by atoms with Gasteiger partial charge < -0.3 is 10.6 Å². The van der Waals surface area contributed by atoms with Gasteiger partial charge in [-0.15, -0.1) is 0 Å². The Labute approximate surface area is 149 Å². The van der Waals surface area contributed by atoms with Gasteiger partial charge in [0.15, 0.2) is 0 Å². The largest absolute Gasteiger partial charge is 0.353 e. The third-order valence-corrected chi connectivity index (χ3v) is 5.25. The maximum absolute atomic E-state index is 12.3. The molecule has 0 spiro atoms. The molecular formula is C19H27ClN2O2. The van der Waals surface area contributed by atoms with Crippen molar-refractivity contribution in [3.05, 3.63) is 34.9 Å². The first-order chi connectivity index (χ1) is 11.5. The summed E-state index contributed by atoms with van der Waals surface area (Å²) in [5.41, 5.74) is 0.925. The van der Waals surface area contributed by atoms with Crippen molar-refractivity contribution in [1.82, 2.24) is 10.6 Å². The highest BCUT2D eigenvalue weighted by Gasteiger charge is 2.30. The minimum atomic E-state index is 0.000126. The Balaban J connectivity index is 1.76. The second-order valence-electron chi connectivity index (χ2n) is 6.68. The van der Waals surface area contributed by atoms with Crippen LogP contribution < -0.4 is 10.6 Å². The Morgan fingerprint density at radius 2 is 1.71 bits per heavy atom. The second-order valence-corrected chi connectivity index (χ2v) is 7.08. The van der Waals surface area contributed by atoms with Crippen LogP contribution in [0, 0.1) is 11.8 Å². The molecule has 1 aliphatic rings. The predicted molar refractivity (Wildman–Crippen MR) is 96.6 cm³/mol. The van der Waals surface area contributed by atoms with Crippen molar-refractivity contribution in [1.29, 1.82) is 0 Å². The molecular weight excluding hydrogens is 324 g/mol. The van der Waals surface area contributed by atoms with Crippen LogP contribution in [0.1, 0.15) is 51.5 Å². The van der Waals surface area contributed by atoms with Crippen LogP contribution in [0.3, 0.4) is 0 Å². The number of hydrogen-bond donors (Lipinski definition) is 2. The molecule has 1 saturated carbocycles. The molecule has 2 rings (SSSR count). The summed E-state index contributed by atoms with van der Waals surface area (Å²) in [6, 6.07) is 7.74. The average molecular weight is 351 g/mol. The van der Waals surface area contributed by atoms with Crippen molar-refractivity contribution in [2.75, 3.05) is 0 Å². The van der Waals surface area contributed by atoms with Crippen LogP contribution >= 0.6 is 11.6 Å². The molecule has 1 aromatic rings. The first-order valence-corrected chi connectivity index (χ1v) is 9.20. The summed E-state index contributed by atoms with van der Waals surface area (Å²) in [6.07, 6.45) is 4.05. The quantitative estimate of drug-likeness (QED) is 0.822. The van der Waals surface area contributed by atoms with E-state index in [4.69, 9.17) is 11.6 Å². The molecule has 0 bridgehead atoms. The monoisotopic (exact) mass is 350 g/mol. The molecule has 0 aliphatic heterocycles. The lowest BCUT2D eigenvalue weighted by atomic mass is 9.81. The van der Waals surface area contributed by atoms with Crippen molar-refractivity contribution in [2.45, 2.75) is 58.5 Å². The van der Waals surface area contributed by atoms with Crippen LogP contribution in [-0.2, 0) is 16.1 Å². The lowest BCUT2D eigenvalue weighted by molar-refractivity contribution is -0.131. The van der Waals surface area contributed by atoms with Crippen LogP contribution in [0.2, 0.25) is 5.02 Å². The fourth-order valence-corrected chi connectivity index (χ4v) is 3.25. The molecule has 1 aliphatic carbocycles. The summed E-state index contributed by atoms with van der Waals surface area (Å²) >= 11 is 6.11. The fourth-order valence-electron chi connectivity index (χ4n) is 3.05. The minimum Gasteiger partial charge on any atom is -0.353 e. The van der Waals surface area contributed by atoms with Crippen LogP contribution in [0.5, 0.6) is 0 Å². The Morgan fingerprint density at radius 1 is 1.12 bits per heavy atom. The zero-order valence-electron chi connectivity index (χ0n) is 14.5. The Hall–Kier alpha value is -1.55. The molecule has 2 amide bonds. The van der Waals surface area contributed by atoms with E-state index in [9.17, 15) is 9.59 Å². The predicted octanol–water partition coefficient (Wildman–Crippen LogP) is 3.68. The molecule has 132 valence electrons. The van der Waals surface area contributed by atoms with E-state index < -0.39 is 0 Å². The molecule has 0 heterocycles. The average Bonchev–Trinajstić information content (AvgIpc) is 2.60. The van der Waals surface area contributed by atoms with Gasteiger partial charge in [-0.05, 0) is 50.7 Å². The normalized spacial score (nSPS) is 21.8. The van der Waals surface area contributed by atoms with Gasteiger partial charge in [-0.3, -0.25) is 9.59 Å².